The summed E-state index contributed by atoms with van der Waals surface area (Å²) >= 11 is 0. The lowest BCUT2D eigenvalue weighted by atomic mass is 9.93. The number of esters is 1. The Bertz CT molecular complexity index is 431. The maximum absolute atomic E-state index is 11.0. The number of unbranched alkanes of at least 4 members (excludes halogenated alkanes) is 10. The van der Waals surface area contributed by atoms with Crippen LogP contribution in [0, 0.1) is 17.8 Å². The van der Waals surface area contributed by atoms with E-state index in [1.54, 1.807) is 0 Å². The van der Waals surface area contributed by atoms with Crippen LogP contribution in [0.15, 0.2) is 12.7 Å². The first-order chi connectivity index (χ1) is 16.0. The fourth-order valence-corrected chi connectivity index (χ4v) is 4.86. The second kappa shape index (κ2) is 24.3. The van der Waals surface area contributed by atoms with Gasteiger partial charge < -0.3 is 4.74 Å². The molecule has 3 atom stereocenters. The Morgan fingerprint density at radius 2 is 0.939 bits per heavy atom. The molecule has 0 bridgehead atoms. The molecule has 2 nitrogen and oxygen atoms in total. The van der Waals surface area contributed by atoms with Gasteiger partial charge in [0.15, 0.2) is 0 Å². The number of rotatable bonds is 25. The minimum absolute atomic E-state index is 0.300. The van der Waals surface area contributed by atoms with Gasteiger partial charge in [-0.3, -0.25) is 0 Å². The maximum Gasteiger partial charge on any atom is 0.330 e. The maximum atomic E-state index is 11.0. The molecule has 0 aromatic carbocycles. The fourth-order valence-electron chi connectivity index (χ4n) is 4.86. The zero-order chi connectivity index (χ0) is 24.6. The molecule has 0 heterocycles. The van der Waals surface area contributed by atoms with E-state index in [9.17, 15) is 4.79 Å². The van der Waals surface area contributed by atoms with E-state index in [1.165, 1.54) is 122 Å². The summed E-state index contributed by atoms with van der Waals surface area (Å²) in [6, 6.07) is 0. The van der Waals surface area contributed by atoms with Crippen molar-refractivity contribution in [2.45, 2.75) is 156 Å². The Balaban J connectivity index is 3.40. The summed E-state index contributed by atoms with van der Waals surface area (Å²) in [7, 11) is 0. The molecule has 33 heavy (non-hydrogen) atoms. The molecule has 0 aromatic heterocycles. The van der Waals surface area contributed by atoms with Gasteiger partial charge in [-0.2, -0.15) is 0 Å². The van der Waals surface area contributed by atoms with Crippen LogP contribution in [0.25, 0.3) is 0 Å². The normalized spacial score (nSPS) is 14.1. The SMILES string of the molecule is C=CC(=O)OCCCCCC(C)CCCCCC(C)CCCCCC(C)CCCCCCC. The van der Waals surface area contributed by atoms with Crippen LogP contribution in [0.5, 0.6) is 0 Å². The van der Waals surface area contributed by atoms with Crippen molar-refractivity contribution in [3.05, 3.63) is 12.7 Å². The van der Waals surface area contributed by atoms with Crippen molar-refractivity contribution >= 4 is 5.97 Å². The molecule has 0 aliphatic heterocycles. The van der Waals surface area contributed by atoms with Gasteiger partial charge in [-0.25, -0.2) is 4.79 Å². The van der Waals surface area contributed by atoms with E-state index in [4.69, 9.17) is 4.74 Å². The van der Waals surface area contributed by atoms with E-state index >= 15 is 0 Å². The highest BCUT2D eigenvalue weighted by atomic mass is 16.5. The first kappa shape index (κ1) is 32.2. The van der Waals surface area contributed by atoms with Crippen LogP contribution in [0.4, 0.5) is 0 Å². The van der Waals surface area contributed by atoms with Gasteiger partial charge in [0.25, 0.3) is 0 Å². The van der Waals surface area contributed by atoms with Crippen molar-refractivity contribution in [1.29, 1.82) is 0 Å². The Morgan fingerprint density at radius 3 is 1.30 bits per heavy atom. The Kier molecular flexibility index (Phi) is 23.8. The van der Waals surface area contributed by atoms with Crippen molar-refractivity contribution in [3.63, 3.8) is 0 Å². The van der Waals surface area contributed by atoms with Crippen LogP contribution >= 0.6 is 0 Å². The van der Waals surface area contributed by atoms with Gasteiger partial charge in [0.2, 0.25) is 0 Å². The molecule has 196 valence electrons. The van der Waals surface area contributed by atoms with E-state index in [1.807, 2.05) is 0 Å². The van der Waals surface area contributed by atoms with E-state index in [0.717, 1.165) is 30.6 Å². The molecule has 0 radical (unpaired) electrons. The summed E-state index contributed by atoms with van der Waals surface area (Å²) in [5, 5.41) is 0. The molecular formula is C31H60O2. The van der Waals surface area contributed by atoms with E-state index in [0.29, 0.717) is 6.61 Å². The van der Waals surface area contributed by atoms with Gasteiger partial charge in [0, 0.05) is 6.08 Å². The van der Waals surface area contributed by atoms with Gasteiger partial charge in [-0.1, -0.05) is 156 Å². The summed E-state index contributed by atoms with van der Waals surface area (Å²) in [4.78, 5) is 11.0. The van der Waals surface area contributed by atoms with Gasteiger partial charge in [0.05, 0.1) is 6.61 Å². The molecule has 0 saturated heterocycles. The highest BCUT2D eigenvalue weighted by molar-refractivity contribution is 5.81. The molecule has 0 aromatic rings. The van der Waals surface area contributed by atoms with Crippen molar-refractivity contribution in [3.8, 4) is 0 Å². The molecule has 0 fully saturated rings. The Hall–Kier alpha value is -0.790. The summed E-state index contributed by atoms with van der Waals surface area (Å²) < 4.78 is 5.02. The highest BCUT2D eigenvalue weighted by Crippen LogP contribution is 2.22. The van der Waals surface area contributed by atoms with Gasteiger partial charge in [0.1, 0.15) is 0 Å². The molecule has 0 amide bonds. The van der Waals surface area contributed by atoms with Crippen molar-refractivity contribution < 1.29 is 9.53 Å². The van der Waals surface area contributed by atoms with Gasteiger partial charge >= 0.3 is 5.97 Å². The average molecular weight is 465 g/mol. The fraction of sp³-hybridized carbons (Fsp3) is 0.903. The van der Waals surface area contributed by atoms with E-state index in [-0.39, 0.29) is 5.97 Å². The van der Waals surface area contributed by atoms with Gasteiger partial charge in [-0.15, -0.1) is 0 Å². The lowest BCUT2D eigenvalue weighted by Gasteiger charge is -2.14. The van der Waals surface area contributed by atoms with Crippen LogP contribution in [-0.2, 0) is 9.53 Å². The Labute approximate surface area is 208 Å². The largest absolute Gasteiger partial charge is 0.463 e. The number of carbonyl (C=O) groups excluding carboxylic acids is 1. The smallest absolute Gasteiger partial charge is 0.330 e. The zero-order valence-electron chi connectivity index (χ0n) is 23.2. The highest BCUT2D eigenvalue weighted by Gasteiger charge is 2.06. The van der Waals surface area contributed by atoms with Crippen molar-refractivity contribution in [1.82, 2.24) is 0 Å². The molecule has 3 unspecified atom stereocenters. The third-order valence-corrected chi connectivity index (χ3v) is 7.34. The molecule has 0 rings (SSSR count). The Morgan fingerprint density at radius 1 is 0.606 bits per heavy atom. The molecular weight excluding hydrogens is 404 g/mol. The molecule has 0 aliphatic carbocycles. The van der Waals surface area contributed by atoms with E-state index in [2.05, 4.69) is 34.3 Å². The van der Waals surface area contributed by atoms with Crippen LogP contribution in [0.3, 0.4) is 0 Å². The van der Waals surface area contributed by atoms with Crippen LogP contribution in [0.2, 0.25) is 0 Å². The topological polar surface area (TPSA) is 26.3 Å². The first-order valence-corrected chi connectivity index (χ1v) is 14.8. The summed E-state index contributed by atoms with van der Waals surface area (Å²) in [5.74, 6) is 2.38. The zero-order valence-corrected chi connectivity index (χ0v) is 23.2. The average Bonchev–Trinajstić information content (AvgIpc) is 2.80. The second-order valence-corrected chi connectivity index (χ2v) is 11.0. The third kappa shape index (κ3) is 24.1. The van der Waals surface area contributed by atoms with Crippen molar-refractivity contribution in [2.24, 2.45) is 17.8 Å². The number of hydrogen-bond acceptors (Lipinski definition) is 2. The lowest BCUT2D eigenvalue weighted by Crippen LogP contribution is -2.02. The van der Waals surface area contributed by atoms with Crippen molar-refractivity contribution in [2.75, 3.05) is 6.61 Å². The quantitative estimate of drug-likeness (QED) is 0.0762. The monoisotopic (exact) mass is 464 g/mol. The third-order valence-electron chi connectivity index (χ3n) is 7.34. The molecule has 0 spiro atoms. The summed E-state index contributed by atoms with van der Waals surface area (Å²) in [6.07, 6.45) is 28.7. The minimum atomic E-state index is -0.300. The molecule has 0 N–H and O–H groups in total. The van der Waals surface area contributed by atoms with Crippen LogP contribution in [-0.4, -0.2) is 12.6 Å². The van der Waals surface area contributed by atoms with E-state index < -0.39 is 0 Å². The molecule has 0 saturated carbocycles. The number of carbonyl (C=O) groups is 1. The lowest BCUT2D eigenvalue weighted by molar-refractivity contribution is -0.137. The number of ether oxygens (including phenoxy) is 1. The first-order valence-electron chi connectivity index (χ1n) is 14.8. The minimum Gasteiger partial charge on any atom is -0.463 e. The van der Waals surface area contributed by atoms with Gasteiger partial charge in [-0.05, 0) is 24.2 Å². The summed E-state index contributed by atoms with van der Waals surface area (Å²) in [5.41, 5.74) is 0. The molecule has 0 aliphatic rings. The predicted octanol–water partition coefficient (Wildman–Crippen LogP) is 10.4. The predicted molar refractivity (Wildman–Crippen MR) is 147 cm³/mol. The standard InChI is InChI=1S/C31H60O2/c1-6-8-9-10-14-21-28(3)22-15-11-16-23-29(4)24-17-12-18-25-30(5)26-19-13-20-27-33-31(32)7-2/h7,28-30H,2,6,8-27H2,1,3-5H3. The van der Waals surface area contributed by atoms with Crippen LogP contribution in [0.1, 0.15) is 156 Å². The second-order valence-electron chi connectivity index (χ2n) is 11.0. The number of hydrogen-bond donors (Lipinski definition) is 0. The summed E-state index contributed by atoms with van der Waals surface area (Å²) in [6.45, 7) is 13.6. The van der Waals surface area contributed by atoms with Crippen LogP contribution < -0.4 is 0 Å². The molecule has 2 heteroatoms.